The number of nitrogens with zero attached hydrogens (tertiary/aromatic N) is 1. The second kappa shape index (κ2) is 14.5. The number of carbonyl (C=O) groups excluding carboxylic acids is 2. The number of ether oxygens (including phenoxy) is 2. The van der Waals surface area contributed by atoms with Gasteiger partial charge in [-0.25, -0.2) is 4.79 Å². The molecule has 42 heavy (non-hydrogen) atoms. The second-order valence-corrected chi connectivity index (χ2v) is 11.9. The first-order valence-corrected chi connectivity index (χ1v) is 14.9. The van der Waals surface area contributed by atoms with Crippen LogP contribution in [0, 0.1) is 0 Å². The SMILES string of the molecule is CCc1c(Cl)cc(NCC(=O)OC(C)(C)C)c(CC)c1NC(=O)N(Cc1ccc(OC)cc1)c1ccc(C(C)C)cc1. The van der Waals surface area contributed by atoms with Gasteiger partial charge in [0.15, 0.2) is 0 Å². The Bertz CT molecular complexity index is 1360. The topological polar surface area (TPSA) is 79.9 Å². The molecule has 0 radical (unpaired) electrons. The van der Waals surface area contributed by atoms with Crippen molar-refractivity contribution in [1.82, 2.24) is 0 Å². The summed E-state index contributed by atoms with van der Waals surface area (Å²) in [6, 6.07) is 17.3. The Morgan fingerprint density at radius 1 is 0.952 bits per heavy atom. The Labute approximate surface area is 255 Å². The highest BCUT2D eigenvalue weighted by Crippen LogP contribution is 2.36. The van der Waals surface area contributed by atoms with Gasteiger partial charge < -0.3 is 20.1 Å². The lowest BCUT2D eigenvalue weighted by Gasteiger charge is -2.27. The molecule has 0 aliphatic carbocycles. The standard InChI is InChI=1S/C34H44ClN3O4/c1-9-27-29(35)19-30(36-20-31(39)42-34(5,6)7)28(10-2)32(27)37-33(40)38(21-23-11-17-26(41-8)18-12-23)25-15-13-24(14-16-25)22(3)4/h11-19,22,36H,9-10,20-21H2,1-8H3,(H,37,40). The monoisotopic (exact) mass is 593 g/mol. The molecule has 226 valence electrons. The lowest BCUT2D eigenvalue weighted by Crippen LogP contribution is -2.35. The molecule has 0 spiro atoms. The summed E-state index contributed by atoms with van der Waals surface area (Å²) in [4.78, 5) is 28.2. The van der Waals surface area contributed by atoms with Gasteiger partial charge in [0, 0.05) is 16.4 Å². The molecule has 0 saturated carbocycles. The van der Waals surface area contributed by atoms with Crippen LogP contribution in [0.3, 0.4) is 0 Å². The minimum Gasteiger partial charge on any atom is -0.497 e. The summed E-state index contributed by atoms with van der Waals surface area (Å²) < 4.78 is 10.8. The van der Waals surface area contributed by atoms with Crippen molar-refractivity contribution < 1.29 is 19.1 Å². The van der Waals surface area contributed by atoms with E-state index in [0.717, 1.165) is 28.1 Å². The van der Waals surface area contributed by atoms with Gasteiger partial charge in [-0.1, -0.05) is 63.6 Å². The van der Waals surface area contributed by atoms with Gasteiger partial charge in [-0.05, 0) is 92.1 Å². The number of rotatable bonds is 11. The van der Waals surface area contributed by atoms with Gasteiger partial charge in [-0.3, -0.25) is 9.69 Å². The van der Waals surface area contributed by atoms with Gasteiger partial charge in [0.1, 0.15) is 17.9 Å². The number of anilines is 3. The van der Waals surface area contributed by atoms with Crippen LogP contribution in [0.15, 0.2) is 54.6 Å². The van der Waals surface area contributed by atoms with E-state index >= 15 is 0 Å². The zero-order valence-electron chi connectivity index (χ0n) is 26.1. The summed E-state index contributed by atoms with van der Waals surface area (Å²) in [6.07, 6.45) is 1.23. The minimum absolute atomic E-state index is 0.0226. The molecule has 2 N–H and O–H groups in total. The third-order valence-electron chi connectivity index (χ3n) is 6.89. The third kappa shape index (κ3) is 8.65. The molecule has 3 aromatic carbocycles. The molecule has 0 aliphatic rings. The van der Waals surface area contributed by atoms with Crippen molar-refractivity contribution in [3.05, 3.63) is 81.9 Å². The van der Waals surface area contributed by atoms with Crippen molar-refractivity contribution in [3.63, 3.8) is 0 Å². The maximum Gasteiger partial charge on any atom is 0.326 e. The number of hydrogen-bond acceptors (Lipinski definition) is 5. The van der Waals surface area contributed by atoms with E-state index in [-0.39, 0.29) is 18.5 Å². The largest absolute Gasteiger partial charge is 0.497 e. The Hall–Kier alpha value is -3.71. The highest BCUT2D eigenvalue weighted by atomic mass is 35.5. The Kier molecular flexibility index (Phi) is 11.3. The molecule has 3 rings (SSSR count). The number of methoxy groups -OCH3 is 1. The van der Waals surface area contributed by atoms with Crippen LogP contribution in [0.5, 0.6) is 5.75 Å². The fraction of sp³-hybridized carbons (Fsp3) is 0.412. The van der Waals surface area contributed by atoms with Crippen LogP contribution in [-0.2, 0) is 28.9 Å². The Balaban J connectivity index is 1.99. The quantitative estimate of drug-likeness (QED) is 0.218. The Morgan fingerprint density at radius 3 is 2.10 bits per heavy atom. The van der Waals surface area contributed by atoms with Crippen molar-refractivity contribution in [2.75, 3.05) is 29.2 Å². The van der Waals surface area contributed by atoms with E-state index in [9.17, 15) is 9.59 Å². The second-order valence-electron chi connectivity index (χ2n) is 11.5. The zero-order chi connectivity index (χ0) is 31.0. The maximum atomic E-state index is 14.1. The van der Waals surface area contributed by atoms with E-state index < -0.39 is 5.60 Å². The lowest BCUT2D eigenvalue weighted by molar-refractivity contribution is -0.152. The molecular formula is C34H44ClN3O4. The molecule has 0 unspecified atom stereocenters. The number of urea groups is 1. The van der Waals surface area contributed by atoms with E-state index in [1.54, 1.807) is 12.0 Å². The van der Waals surface area contributed by atoms with Crippen LogP contribution in [0.4, 0.5) is 21.9 Å². The summed E-state index contributed by atoms with van der Waals surface area (Å²) in [5.74, 6) is 0.753. The average Bonchev–Trinajstić information content (AvgIpc) is 2.94. The number of benzene rings is 3. The molecule has 2 amide bonds. The lowest BCUT2D eigenvalue weighted by atomic mass is 10.0. The van der Waals surface area contributed by atoms with Crippen LogP contribution in [0.25, 0.3) is 0 Å². The summed E-state index contributed by atoms with van der Waals surface area (Å²) in [5.41, 5.74) is 5.38. The first kappa shape index (κ1) is 32.8. The molecule has 0 aliphatic heterocycles. The smallest absolute Gasteiger partial charge is 0.326 e. The molecular weight excluding hydrogens is 550 g/mol. The third-order valence-corrected chi connectivity index (χ3v) is 7.22. The highest BCUT2D eigenvalue weighted by Gasteiger charge is 2.23. The molecule has 8 heteroatoms. The summed E-state index contributed by atoms with van der Waals surface area (Å²) in [6.45, 7) is 14.1. The van der Waals surface area contributed by atoms with E-state index in [1.165, 1.54) is 5.56 Å². The van der Waals surface area contributed by atoms with Crippen molar-refractivity contribution in [3.8, 4) is 5.75 Å². The van der Waals surface area contributed by atoms with Gasteiger partial charge in [-0.2, -0.15) is 0 Å². The zero-order valence-corrected chi connectivity index (χ0v) is 26.8. The maximum absolute atomic E-state index is 14.1. The predicted molar refractivity (Wildman–Crippen MR) is 173 cm³/mol. The van der Waals surface area contributed by atoms with E-state index in [0.29, 0.717) is 41.7 Å². The van der Waals surface area contributed by atoms with Crippen LogP contribution in [0.2, 0.25) is 5.02 Å². The van der Waals surface area contributed by atoms with Gasteiger partial charge in [-0.15, -0.1) is 0 Å². The van der Waals surface area contributed by atoms with E-state index in [4.69, 9.17) is 21.1 Å². The molecule has 3 aromatic rings. The molecule has 0 atom stereocenters. The normalized spacial score (nSPS) is 11.3. The molecule has 7 nitrogen and oxygen atoms in total. The van der Waals surface area contributed by atoms with Gasteiger partial charge in [0.2, 0.25) is 0 Å². The molecule has 0 heterocycles. The number of halogens is 1. The number of carbonyl (C=O) groups is 2. The number of esters is 1. The number of hydrogen-bond donors (Lipinski definition) is 2. The van der Waals surface area contributed by atoms with E-state index in [1.807, 2.05) is 77.1 Å². The molecule has 0 fully saturated rings. The Morgan fingerprint density at radius 2 is 1.57 bits per heavy atom. The van der Waals surface area contributed by atoms with Crippen LogP contribution >= 0.6 is 11.6 Å². The first-order chi connectivity index (χ1) is 19.9. The van der Waals surface area contributed by atoms with Crippen molar-refractivity contribution in [2.45, 2.75) is 79.4 Å². The van der Waals surface area contributed by atoms with Gasteiger partial charge >= 0.3 is 12.0 Å². The fourth-order valence-corrected chi connectivity index (χ4v) is 5.05. The van der Waals surface area contributed by atoms with Crippen LogP contribution < -0.4 is 20.3 Å². The van der Waals surface area contributed by atoms with Crippen molar-refractivity contribution >= 4 is 40.7 Å². The average molecular weight is 594 g/mol. The predicted octanol–water partition coefficient (Wildman–Crippen LogP) is 8.59. The van der Waals surface area contributed by atoms with Crippen LogP contribution in [0.1, 0.15) is 76.6 Å². The number of nitrogens with one attached hydrogen (secondary N) is 2. The summed E-state index contributed by atoms with van der Waals surface area (Å²) in [5, 5.41) is 6.89. The molecule has 0 aromatic heterocycles. The minimum atomic E-state index is -0.587. The summed E-state index contributed by atoms with van der Waals surface area (Å²) >= 11 is 6.74. The van der Waals surface area contributed by atoms with Crippen molar-refractivity contribution in [2.24, 2.45) is 0 Å². The number of amides is 2. The highest BCUT2D eigenvalue weighted by molar-refractivity contribution is 6.32. The molecule has 0 bridgehead atoms. The van der Waals surface area contributed by atoms with Gasteiger partial charge in [0.05, 0.1) is 19.3 Å². The first-order valence-electron chi connectivity index (χ1n) is 14.5. The van der Waals surface area contributed by atoms with Crippen LogP contribution in [-0.4, -0.2) is 31.3 Å². The summed E-state index contributed by atoms with van der Waals surface area (Å²) in [7, 11) is 1.63. The fourth-order valence-electron chi connectivity index (χ4n) is 4.71. The molecule has 0 saturated heterocycles. The van der Waals surface area contributed by atoms with Gasteiger partial charge in [0.25, 0.3) is 0 Å². The van der Waals surface area contributed by atoms with E-state index in [2.05, 4.69) is 36.6 Å². The van der Waals surface area contributed by atoms with Crippen molar-refractivity contribution in [1.29, 1.82) is 0 Å².